The zero-order valence-electron chi connectivity index (χ0n) is 7.61. The second-order valence-corrected chi connectivity index (χ2v) is 3.37. The van der Waals surface area contributed by atoms with Gasteiger partial charge in [-0.25, -0.2) is 9.89 Å². The Morgan fingerprint density at radius 3 is 2.92 bits per heavy atom. The SMILES string of the molecule is CC(C)c1ccc2n[nH]c(=O)n2c1. The van der Waals surface area contributed by atoms with E-state index in [1.54, 1.807) is 0 Å². The third-order valence-electron chi connectivity index (χ3n) is 2.10. The molecule has 0 atom stereocenters. The van der Waals surface area contributed by atoms with Crippen LogP contribution in [0.4, 0.5) is 0 Å². The Bertz CT molecular complexity index is 481. The fourth-order valence-corrected chi connectivity index (χ4v) is 1.26. The largest absolute Gasteiger partial charge is 0.347 e. The van der Waals surface area contributed by atoms with Gasteiger partial charge in [0.2, 0.25) is 0 Å². The van der Waals surface area contributed by atoms with Crippen LogP contribution in [0.2, 0.25) is 0 Å². The highest BCUT2D eigenvalue weighted by atomic mass is 16.1. The Balaban J connectivity index is 2.73. The highest BCUT2D eigenvalue weighted by molar-refractivity contribution is 5.38. The first-order valence-electron chi connectivity index (χ1n) is 4.25. The number of pyridine rings is 1. The van der Waals surface area contributed by atoms with E-state index in [-0.39, 0.29) is 5.69 Å². The third kappa shape index (κ3) is 1.24. The van der Waals surface area contributed by atoms with Crippen LogP contribution in [0.1, 0.15) is 25.3 Å². The first-order chi connectivity index (χ1) is 6.18. The molecule has 2 heterocycles. The van der Waals surface area contributed by atoms with Crippen LogP contribution in [-0.4, -0.2) is 14.6 Å². The van der Waals surface area contributed by atoms with Gasteiger partial charge in [0.05, 0.1) is 0 Å². The molecule has 0 aromatic carbocycles. The van der Waals surface area contributed by atoms with Crippen LogP contribution >= 0.6 is 0 Å². The van der Waals surface area contributed by atoms with Crippen LogP contribution in [0, 0.1) is 0 Å². The minimum atomic E-state index is -0.183. The molecule has 4 nitrogen and oxygen atoms in total. The van der Waals surface area contributed by atoms with E-state index < -0.39 is 0 Å². The smallest absolute Gasteiger partial charge is 0.250 e. The van der Waals surface area contributed by atoms with Crippen molar-refractivity contribution < 1.29 is 0 Å². The maximum absolute atomic E-state index is 11.2. The van der Waals surface area contributed by atoms with Gasteiger partial charge in [0.25, 0.3) is 0 Å². The molecule has 2 aromatic heterocycles. The number of hydrogen-bond donors (Lipinski definition) is 1. The standard InChI is InChI=1S/C9H11N3O/c1-6(2)7-3-4-8-10-11-9(13)12(8)5-7/h3-6H,1-2H3,(H,11,13). The van der Waals surface area contributed by atoms with Gasteiger partial charge in [0, 0.05) is 6.20 Å². The highest BCUT2D eigenvalue weighted by Gasteiger charge is 2.02. The summed E-state index contributed by atoms with van der Waals surface area (Å²) in [5.74, 6) is 0.422. The molecule has 0 radical (unpaired) electrons. The molecule has 0 unspecified atom stereocenters. The maximum Gasteiger partial charge on any atom is 0.347 e. The quantitative estimate of drug-likeness (QED) is 0.710. The van der Waals surface area contributed by atoms with Crippen molar-refractivity contribution in [2.45, 2.75) is 19.8 Å². The van der Waals surface area contributed by atoms with E-state index in [2.05, 4.69) is 24.0 Å². The second kappa shape index (κ2) is 2.73. The fraction of sp³-hybridized carbons (Fsp3) is 0.333. The van der Waals surface area contributed by atoms with Gasteiger partial charge in [-0.1, -0.05) is 19.9 Å². The number of aromatic nitrogens is 3. The molecule has 0 saturated carbocycles. The number of nitrogens with one attached hydrogen (secondary N) is 1. The number of aromatic amines is 1. The van der Waals surface area contributed by atoms with Crippen molar-refractivity contribution in [3.8, 4) is 0 Å². The lowest BCUT2D eigenvalue weighted by Gasteiger charge is -2.03. The van der Waals surface area contributed by atoms with Gasteiger partial charge >= 0.3 is 5.69 Å². The Morgan fingerprint density at radius 2 is 2.23 bits per heavy atom. The molecular weight excluding hydrogens is 166 g/mol. The molecule has 0 bridgehead atoms. The molecule has 0 amide bonds. The summed E-state index contributed by atoms with van der Waals surface area (Å²) in [5.41, 5.74) is 1.61. The van der Waals surface area contributed by atoms with Crippen LogP contribution in [-0.2, 0) is 0 Å². The van der Waals surface area contributed by atoms with E-state index in [9.17, 15) is 4.79 Å². The van der Waals surface area contributed by atoms with E-state index in [0.717, 1.165) is 5.56 Å². The summed E-state index contributed by atoms with van der Waals surface area (Å²) in [6, 6.07) is 3.83. The number of H-pyrrole nitrogens is 1. The molecule has 1 N–H and O–H groups in total. The topological polar surface area (TPSA) is 50.2 Å². The van der Waals surface area contributed by atoms with Gasteiger partial charge < -0.3 is 0 Å². The molecule has 2 rings (SSSR count). The van der Waals surface area contributed by atoms with Crippen molar-refractivity contribution in [2.24, 2.45) is 0 Å². The molecule has 4 heteroatoms. The van der Waals surface area contributed by atoms with Crippen molar-refractivity contribution in [1.29, 1.82) is 0 Å². The lowest BCUT2D eigenvalue weighted by molar-refractivity contribution is 0.850. The van der Waals surface area contributed by atoms with Crippen molar-refractivity contribution in [3.05, 3.63) is 34.4 Å². The van der Waals surface area contributed by atoms with Crippen LogP contribution in [0.3, 0.4) is 0 Å². The van der Waals surface area contributed by atoms with E-state index in [1.165, 1.54) is 4.40 Å². The lowest BCUT2D eigenvalue weighted by Crippen LogP contribution is -2.09. The molecule has 0 aliphatic carbocycles. The number of nitrogens with zero attached hydrogens (tertiary/aromatic N) is 2. The lowest BCUT2D eigenvalue weighted by atomic mass is 10.1. The van der Waals surface area contributed by atoms with E-state index in [1.807, 2.05) is 18.3 Å². The van der Waals surface area contributed by atoms with Crippen molar-refractivity contribution in [3.63, 3.8) is 0 Å². The fourth-order valence-electron chi connectivity index (χ4n) is 1.26. The molecule has 0 aliphatic rings. The number of rotatable bonds is 1. The van der Waals surface area contributed by atoms with E-state index in [4.69, 9.17) is 0 Å². The molecule has 0 aliphatic heterocycles. The van der Waals surface area contributed by atoms with E-state index in [0.29, 0.717) is 11.6 Å². The van der Waals surface area contributed by atoms with Gasteiger partial charge in [-0.3, -0.25) is 4.40 Å². The average Bonchev–Trinajstić information content (AvgIpc) is 2.47. The van der Waals surface area contributed by atoms with Crippen molar-refractivity contribution in [1.82, 2.24) is 14.6 Å². The predicted molar refractivity (Wildman–Crippen MR) is 49.9 cm³/mol. The third-order valence-corrected chi connectivity index (χ3v) is 2.10. The first-order valence-corrected chi connectivity index (χ1v) is 4.25. The molecule has 0 spiro atoms. The summed E-state index contributed by atoms with van der Waals surface area (Å²) in [4.78, 5) is 11.2. The van der Waals surface area contributed by atoms with Gasteiger partial charge in [0.1, 0.15) is 0 Å². The molecule has 0 saturated heterocycles. The molecule has 13 heavy (non-hydrogen) atoms. The Hall–Kier alpha value is -1.58. The maximum atomic E-state index is 11.2. The normalized spacial score (nSPS) is 11.3. The molecule has 68 valence electrons. The zero-order chi connectivity index (χ0) is 9.42. The van der Waals surface area contributed by atoms with Gasteiger partial charge in [-0.2, -0.15) is 5.10 Å². The van der Waals surface area contributed by atoms with Gasteiger partial charge in [-0.15, -0.1) is 0 Å². The minimum Gasteiger partial charge on any atom is -0.250 e. The van der Waals surface area contributed by atoms with Crippen LogP contribution in [0.5, 0.6) is 0 Å². The zero-order valence-corrected chi connectivity index (χ0v) is 7.61. The Labute approximate surface area is 75.2 Å². The summed E-state index contributed by atoms with van der Waals surface area (Å²) < 4.78 is 1.52. The van der Waals surface area contributed by atoms with Crippen LogP contribution in [0.15, 0.2) is 23.1 Å². The van der Waals surface area contributed by atoms with Gasteiger partial charge in [-0.05, 0) is 17.5 Å². The number of hydrogen-bond acceptors (Lipinski definition) is 2. The molecular formula is C9H11N3O. The van der Waals surface area contributed by atoms with Crippen LogP contribution < -0.4 is 5.69 Å². The summed E-state index contributed by atoms with van der Waals surface area (Å²) in [6.07, 6.45) is 1.83. The summed E-state index contributed by atoms with van der Waals surface area (Å²) >= 11 is 0. The van der Waals surface area contributed by atoms with Gasteiger partial charge in [0.15, 0.2) is 5.65 Å². The monoisotopic (exact) mass is 177 g/mol. The van der Waals surface area contributed by atoms with Crippen molar-refractivity contribution >= 4 is 5.65 Å². The Kier molecular flexibility index (Phi) is 1.69. The molecule has 0 fully saturated rings. The van der Waals surface area contributed by atoms with E-state index >= 15 is 0 Å². The average molecular weight is 177 g/mol. The van der Waals surface area contributed by atoms with Crippen LogP contribution in [0.25, 0.3) is 5.65 Å². The number of fused-ring (bicyclic) bond motifs is 1. The summed E-state index contributed by atoms with van der Waals surface area (Å²) in [7, 11) is 0. The summed E-state index contributed by atoms with van der Waals surface area (Å²) in [6.45, 7) is 4.18. The first kappa shape index (κ1) is 8.04. The highest BCUT2D eigenvalue weighted by Crippen LogP contribution is 2.13. The predicted octanol–water partition coefficient (Wildman–Crippen LogP) is 1.15. The Morgan fingerprint density at radius 1 is 1.46 bits per heavy atom. The molecule has 2 aromatic rings. The summed E-state index contributed by atoms with van der Waals surface area (Å²) in [5, 5.41) is 6.24. The van der Waals surface area contributed by atoms with Crippen molar-refractivity contribution in [2.75, 3.05) is 0 Å². The minimum absolute atomic E-state index is 0.183. The second-order valence-electron chi connectivity index (χ2n) is 3.37.